The Kier molecular flexibility index (Phi) is 4.02. The van der Waals surface area contributed by atoms with Gasteiger partial charge >= 0.3 is 0 Å². The lowest BCUT2D eigenvalue weighted by atomic mass is 10.1. The molecule has 0 aliphatic carbocycles. The molecule has 0 aromatic carbocycles. The summed E-state index contributed by atoms with van der Waals surface area (Å²) in [6.07, 6.45) is 4.58. The Balaban J connectivity index is 2.11. The second kappa shape index (κ2) is 5.31. The number of pyridine rings is 1. The normalized spacial score (nSPS) is 17.8. The molecule has 1 saturated heterocycles. The number of aromatic nitrogens is 1. The van der Waals surface area contributed by atoms with Gasteiger partial charge in [0.05, 0.1) is 21.1 Å². The minimum Gasteiger partial charge on any atom is -0.381 e. The molecule has 1 aromatic rings. The quantitative estimate of drug-likeness (QED) is 0.779. The summed E-state index contributed by atoms with van der Waals surface area (Å²) in [4.78, 5) is 6.74. The van der Waals surface area contributed by atoms with Gasteiger partial charge in [-0.1, -0.05) is 0 Å². The molecule has 1 aromatic heterocycles. The first-order valence-electron chi connectivity index (χ1n) is 5.61. The van der Waals surface area contributed by atoms with Crippen LogP contribution in [0.3, 0.4) is 0 Å². The van der Waals surface area contributed by atoms with E-state index >= 15 is 0 Å². The van der Waals surface area contributed by atoms with Crippen molar-refractivity contribution in [1.29, 1.82) is 0 Å². The van der Waals surface area contributed by atoms with E-state index in [-0.39, 0.29) is 0 Å². The van der Waals surface area contributed by atoms with Crippen LogP contribution in [0.2, 0.25) is 0 Å². The number of halogens is 1. The SMILES string of the molecule is COC1CCN(c2ccnc(C)c2I)CC1. The molecule has 0 amide bonds. The van der Waals surface area contributed by atoms with E-state index < -0.39 is 0 Å². The first kappa shape index (κ1) is 12.1. The predicted octanol–water partition coefficient (Wildman–Crippen LogP) is 2.61. The van der Waals surface area contributed by atoms with Gasteiger partial charge in [-0.25, -0.2) is 0 Å². The summed E-state index contributed by atoms with van der Waals surface area (Å²) in [5.74, 6) is 0. The highest BCUT2D eigenvalue weighted by Gasteiger charge is 2.20. The third kappa shape index (κ3) is 2.48. The van der Waals surface area contributed by atoms with Crippen LogP contribution in [0.4, 0.5) is 5.69 Å². The molecule has 3 nitrogen and oxygen atoms in total. The van der Waals surface area contributed by atoms with Crippen LogP contribution < -0.4 is 4.90 Å². The molecule has 0 unspecified atom stereocenters. The molecule has 2 heterocycles. The number of aryl methyl sites for hydroxylation is 1. The van der Waals surface area contributed by atoms with Crippen molar-refractivity contribution in [3.63, 3.8) is 0 Å². The number of hydrogen-bond acceptors (Lipinski definition) is 3. The largest absolute Gasteiger partial charge is 0.381 e. The summed E-state index contributed by atoms with van der Waals surface area (Å²) in [5.41, 5.74) is 2.44. The molecule has 16 heavy (non-hydrogen) atoms. The maximum Gasteiger partial charge on any atom is 0.0605 e. The number of ether oxygens (including phenoxy) is 1. The zero-order chi connectivity index (χ0) is 11.5. The minimum absolute atomic E-state index is 0.442. The fourth-order valence-corrected chi connectivity index (χ4v) is 2.77. The van der Waals surface area contributed by atoms with E-state index in [1.54, 1.807) is 7.11 Å². The van der Waals surface area contributed by atoms with Crippen molar-refractivity contribution in [3.8, 4) is 0 Å². The highest BCUT2D eigenvalue weighted by molar-refractivity contribution is 14.1. The monoisotopic (exact) mass is 332 g/mol. The number of nitrogens with zero attached hydrogens (tertiary/aromatic N) is 2. The summed E-state index contributed by atoms with van der Waals surface area (Å²) in [5, 5.41) is 0. The van der Waals surface area contributed by atoms with Crippen molar-refractivity contribution in [1.82, 2.24) is 4.98 Å². The number of rotatable bonds is 2. The topological polar surface area (TPSA) is 25.4 Å². The van der Waals surface area contributed by atoms with Crippen LogP contribution in [0, 0.1) is 10.5 Å². The van der Waals surface area contributed by atoms with Crippen LogP contribution in [0.25, 0.3) is 0 Å². The Morgan fingerprint density at radius 2 is 2.12 bits per heavy atom. The standard InChI is InChI=1S/C12H17IN2O/c1-9-12(13)11(3-6-14-9)15-7-4-10(16-2)5-8-15/h3,6,10H,4-5,7-8H2,1-2H3. The Hall–Kier alpha value is -0.360. The minimum atomic E-state index is 0.442. The number of anilines is 1. The summed E-state index contributed by atoms with van der Waals surface area (Å²) in [6, 6.07) is 2.11. The maximum absolute atomic E-state index is 5.39. The average molecular weight is 332 g/mol. The van der Waals surface area contributed by atoms with Gasteiger partial charge in [0, 0.05) is 26.4 Å². The summed E-state index contributed by atoms with van der Waals surface area (Å²) < 4.78 is 6.66. The maximum atomic E-state index is 5.39. The lowest BCUT2D eigenvalue weighted by Gasteiger charge is -2.33. The molecular weight excluding hydrogens is 315 g/mol. The Bertz CT molecular complexity index is 362. The van der Waals surface area contributed by atoms with E-state index in [2.05, 4.69) is 45.5 Å². The van der Waals surface area contributed by atoms with Crippen molar-refractivity contribution in [2.75, 3.05) is 25.1 Å². The fraction of sp³-hybridized carbons (Fsp3) is 0.583. The van der Waals surface area contributed by atoms with Crippen LogP contribution in [-0.2, 0) is 4.74 Å². The molecule has 0 bridgehead atoms. The highest BCUT2D eigenvalue weighted by Crippen LogP contribution is 2.27. The van der Waals surface area contributed by atoms with E-state index in [4.69, 9.17) is 4.74 Å². The third-order valence-corrected chi connectivity index (χ3v) is 4.49. The molecule has 4 heteroatoms. The van der Waals surface area contributed by atoms with Gasteiger partial charge in [0.25, 0.3) is 0 Å². The zero-order valence-corrected chi connectivity index (χ0v) is 11.9. The smallest absolute Gasteiger partial charge is 0.0605 e. The van der Waals surface area contributed by atoms with Crippen LogP contribution >= 0.6 is 22.6 Å². The van der Waals surface area contributed by atoms with Gasteiger partial charge in [0.15, 0.2) is 0 Å². The van der Waals surface area contributed by atoms with Crippen molar-refractivity contribution >= 4 is 28.3 Å². The Morgan fingerprint density at radius 1 is 1.44 bits per heavy atom. The number of methoxy groups -OCH3 is 1. The van der Waals surface area contributed by atoms with Crippen molar-refractivity contribution in [2.24, 2.45) is 0 Å². The van der Waals surface area contributed by atoms with Gasteiger partial charge in [-0.05, 0) is 48.4 Å². The molecular formula is C12H17IN2O. The molecule has 1 aliphatic heterocycles. The van der Waals surface area contributed by atoms with Gasteiger partial charge in [-0.3, -0.25) is 4.98 Å². The van der Waals surface area contributed by atoms with Crippen LogP contribution in [0.1, 0.15) is 18.5 Å². The van der Waals surface area contributed by atoms with Gasteiger partial charge in [0.2, 0.25) is 0 Å². The second-order valence-electron chi connectivity index (χ2n) is 4.15. The first-order valence-corrected chi connectivity index (χ1v) is 6.69. The van der Waals surface area contributed by atoms with E-state index in [1.165, 1.54) is 9.26 Å². The van der Waals surface area contributed by atoms with Crippen LogP contribution in [0.15, 0.2) is 12.3 Å². The Labute approximate surface area is 110 Å². The molecule has 0 N–H and O–H groups in total. The van der Waals surface area contributed by atoms with Crippen molar-refractivity contribution < 1.29 is 4.74 Å². The number of piperidine rings is 1. The molecule has 0 atom stereocenters. The van der Waals surface area contributed by atoms with Gasteiger partial charge < -0.3 is 9.64 Å². The molecule has 2 rings (SSSR count). The van der Waals surface area contributed by atoms with E-state index in [9.17, 15) is 0 Å². The lowest BCUT2D eigenvalue weighted by Crippen LogP contribution is -2.37. The number of hydrogen-bond donors (Lipinski definition) is 0. The molecule has 0 spiro atoms. The van der Waals surface area contributed by atoms with Gasteiger partial charge in [-0.15, -0.1) is 0 Å². The van der Waals surface area contributed by atoms with E-state index in [1.807, 2.05) is 6.20 Å². The average Bonchev–Trinajstić information content (AvgIpc) is 2.33. The van der Waals surface area contributed by atoms with E-state index in [0.29, 0.717) is 6.10 Å². The first-order chi connectivity index (χ1) is 7.72. The van der Waals surface area contributed by atoms with Crippen molar-refractivity contribution in [3.05, 3.63) is 21.5 Å². The van der Waals surface area contributed by atoms with Crippen LogP contribution in [0.5, 0.6) is 0 Å². The molecule has 88 valence electrons. The second-order valence-corrected chi connectivity index (χ2v) is 5.23. The highest BCUT2D eigenvalue weighted by atomic mass is 127. The third-order valence-electron chi connectivity index (χ3n) is 3.16. The summed E-state index contributed by atoms with van der Waals surface area (Å²) in [6.45, 7) is 4.23. The van der Waals surface area contributed by atoms with E-state index in [0.717, 1.165) is 31.6 Å². The van der Waals surface area contributed by atoms with Gasteiger partial charge in [0.1, 0.15) is 0 Å². The molecule has 1 fully saturated rings. The van der Waals surface area contributed by atoms with Crippen LogP contribution in [-0.4, -0.2) is 31.3 Å². The molecule has 1 aliphatic rings. The Morgan fingerprint density at radius 3 is 2.75 bits per heavy atom. The fourth-order valence-electron chi connectivity index (χ4n) is 2.11. The molecule has 0 radical (unpaired) electrons. The zero-order valence-electron chi connectivity index (χ0n) is 9.74. The molecule has 0 saturated carbocycles. The predicted molar refractivity (Wildman–Crippen MR) is 73.9 cm³/mol. The lowest BCUT2D eigenvalue weighted by molar-refractivity contribution is 0.0819. The van der Waals surface area contributed by atoms with Crippen molar-refractivity contribution in [2.45, 2.75) is 25.9 Å². The summed E-state index contributed by atoms with van der Waals surface area (Å²) >= 11 is 2.39. The summed E-state index contributed by atoms with van der Waals surface area (Å²) in [7, 11) is 1.81. The van der Waals surface area contributed by atoms with Gasteiger partial charge in [-0.2, -0.15) is 0 Å².